The monoisotopic (exact) mass is 281 g/mol. The number of pyridine rings is 1. The molecule has 3 heterocycles. The number of hydrogen-bond acceptors (Lipinski definition) is 4. The van der Waals surface area contributed by atoms with Crippen molar-refractivity contribution in [3.8, 4) is 0 Å². The number of amides is 1. The molecule has 0 aliphatic carbocycles. The van der Waals surface area contributed by atoms with Crippen LogP contribution in [0.25, 0.3) is 0 Å². The van der Waals surface area contributed by atoms with Gasteiger partial charge in [-0.2, -0.15) is 0 Å². The molecule has 0 unspecified atom stereocenters. The molecule has 2 N–H and O–H groups in total. The van der Waals surface area contributed by atoms with Crippen LogP contribution in [0, 0.1) is 5.82 Å². The molecule has 1 fully saturated rings. The molecule has 2 aliphatic heterocycles. The van der Waals surface area contributed by atoms with E-state index in [9.17, 15) is 9.18 Å². The second-order valence-corrected chi connectivity index (χ2v) is 5.36. The van der Waals surface area contributed by atoms with Crippen LogP contribution in [0.15, 0.2) is 6.07 Å². The van der Waals surface area contributed by atoms with Crippen molar-refractivity contribution in [1.29, 1.82) is 0 Å². The third kappa shape index (κ3) is 1.89. The van der Waals surface area contributed by atoms with E-state index in [0.717, 1.165) is 5.56 Å². The third-order valence-corrected chi connectivity index (χ3v) is 4.01. The molecule has 1 saturated heterocycles. The van der Waals surface area contributed by atoms with Gasteiger partial charge in [0, 0.05) is 19.1 Å². The minimum atomic E-state index is -0.928. The summed E-state index contributed by atoms with van der Waals surface area (Å²) in [6.07, 6.45) is -0.346. The highest BCUT2D eigenvalue weighted by atomic mass is 19.1. The number of piperazine rings is 1. The lowest BCUT2D eigenvalue weighted by Gasteiger charge is -2.42. The second kappa shape index (κ2) is 4.59. The van der Waals surface area contributed by atoms with E-state index in [1.54, 1.807) is 0 Å². The fourth-order valence-corrected chi connectivity index (χ4v) is 3.18. The fourth-order valence-electron chi connectivity index (χ4n) is 3.18. The van der Waals surface area contributed by atoms with Crippen LogP contribution in [-0.4, -0.2) is 51.4 Å². The number of carbonyl (C=O) groups is 1. The number of aliphatic hydroxyl groups is 1. The summed E-state index contributed by atoms with van der Waals surface area (Å²) in [5.41, 5.74) is 0.820. The molecule has 0 radical (unpaired) electrons. The van der Waals surface area contributed by atoms with Gasteiger partial charge in [-0.05, 0) is 25.0 Å². The Morgan fingerprint density at radius 3 is 2.95 bits per heavy atom. The van der Waals surface area contributed by atoms with Crippen molar-refractivity contribution in [2.24, 2.45) is 0 Å². The lowest BCUT2D eigenvalue weighted by Crippen LogP contribution is -2.58. The van der Waals surface area contributed by atoms with Gasteiger partial charge in [-0.15, -0.1) is 0 Å². The normalized spacial score (nSPS) is 24.6. The van der Waals surface area contributed by atoms with Gasteiger partial charge in [0.2, 0.25) is 0 Å². The van der Waals surface area contributed by atoms with Gasteiger partial charge in [-0.1, -0.05) is 0 Å². The quantitative estimate of drug-likeness (QED) is 0.797. The largest absolute Gasteiger partial charge is 0.465 e. The van der Waals surface area contributed by atoms with Gasteiger partial charge in [-0.3, -0.25) is 0 Å². The number of hydrogen-bond donors (Lipinski definition) is 2. The van der Waals surface area contributed by atoms with Gasteiger partial charge in [0.1, 0.15) is 17.3 Å². The molecular weight excluding hydrogens is 265 g/mol. The van der Waals surface area contributed by atoms with E-state index in [1.807, 2.05) is 11.8 Å². The summed E-state index contributed by atoms with van der Waals surface area (Å²) in [7, 11) is 0. The molecule has 0 aromatic carbocycles. The molecule has 3 rings (SSSR count). The van der Waals surface area contributed by atoms with Crippen LogP contribution < -0.4 is 4.90 Å². The molecule has 0 spiro atoms. The molecule has 20 heavy (non-hydrogen) atoms. The third-order valence-electron chi connectivity index (χ3n) is 4.01. The van der Waals surface area contributed by atoms with Crippen LogP contribution in [0.5, 0.6) is 0 Å². The van der Waals surface area contributed by atoms with E-state index in [1.165, 1.54) is 11.0 Å². The fraction of sp³-hybridized carbons (Fsp3) is 0.538. The maximum atomic E-state index is 13.7. The predicted molar refractivity (Wildman–Crippen MR) is 69.1 cm³/mol. The highest BCUT2D eigenvalue weighted by Crippen LogP contribution is 2.36. The molecule has 7 heteroatoms. The number of halogens is 1. The molecule has 108 valence electrons. The summed E-state index contributed by atoms with van der Waals surface area (Å²) < 4.78 is 13.7. The van der Waals surface area contributed by atoms with Gasteiger partial charge in [0.15, 0.2) is 0 Å². The van der Waals surface area contributed by atoms with Crippen molar-refractivity contribution >= 4 is 11.9 Å². The summed E-state index contributed by atoms with van der Waals surface area (Å²) in [6.45, 7) is 2.29. The highest BCUT2D eigenvalue weighted by molar-refractivity contribution is 5.67. The van der Waals surface area contributed by atoms with Crippen LogP contribution in [-0.2, 0) is 13.0 Å². The lowest BCUT2D eigenvalue weighted by molar-refractivity contribution is 0.128. The second-order valence-electron chi connectivity index (χ2n) is 5.36. The average molecular weight is 281 g/mol. The molecule has 1 aromatic heterocycles. The minimum Gasteiger partial charge on any atom is -0.465 e. The van der Waals surface area contributed by atoms with Gasteiger partial charge in [0.05, 0.1) is 12.6 Å². The molecule has 6 nitrogen and oxygen atoms in total. The number of aromatic nitrogens is 1. The van der Waals surface area contributed by atoms with Gasteiger partial charge >= 0.3 is 6.09 Å². The van der Waals surface area contributed by atoms with Crippen molar-refractivity contribution in [3.05, 3.63) is 23.1 Å². The van der Waals surface area contributed by atoms with Gasteiger partial charge in [-0.25, -0.2) is 14.2 Å². The number of fused-ring (bicyclic) bond motifs is 3. The van der Waals surface area contributed by atoms with Gasteiger partial charge in [0.25, 0.3) is 0 Å². The zero-order chi connectivity index (χ0) is 14.4. The summed E-state index contributed by atoms with van der Waals surface area (Å²) >= 11 is 0. The minimum absolute atomic E-state index is 0.00862. The molecular formula is C13H16FN3O3. The molecule has 1 aromatic rings. The van der Waals surface area contributed by atoms with Crippen molar-refractivity contribution in [1.82, 2.24) is 9.88 Å². The summed E-state index contributed by atoms with van der Waals surface area (Å²) in [5, 5.41) is 18.2. The Morgan fingerprint density at radius 1 is 1.55 bits per heavy atom. The first kappa shape index (κ1) is 13.1. The Kier molecular flexibility index (Phi) is 3.01. The van der Waals surface area contributed by atoms with Crippen LogP contribution in [0.4, 0.5) is 15.0 Å². The van der Waals surface area contributed by atoms with Crippen molar-refractivity contribution in [2.75, 3.05) is 18.0 Å². The topological polar surface area (TPSA) is 76.9 Å². The maximum absolute atomic E-state index is 13.7. The first-order valence-electron chi connectivity index (χ1n) is 6.56. The Hall–Kier alpha value is -1.89. The highest BCUT2D eigenvalue weighted by Gasteiger charge is 2.40. The van der Waals surface area contributed by atoms with E-state index in [4.69, 9.17) is 10.2 Å². The number of rotatable bonds is 1. The summed E-state index contributed by atoms with van der Waals surface area (Å²) in [6, 6.07) is 1.38. The van der Waals surface area contributed by atoms with Crippen molar-refractivity contribution in [2.45, 2.75) is 32.0 Å². The van der Waals surface area contributed by atoms with Crippen molar-refractivity contribution < 1.29 is 19.4 Å². The van der Waals surface area contributed by atoms with E-state index < -0.39 is 18.5 Å². The Bertz CT molecular complexity index is 566. The van der Waals surface area contributed by atoms with Crippen molar-refractivity contribution in [3.63, 3.8) is 0 Å². The number of aliphatic hydroxyl groups excluding tert-OH is 1. The number of nitrogens with zero attached hydrogens (tertiary/aromatic N) is 3. The van der Waals surface area contributed by atoms with Crippen LogP contribution >= 0.6 is 0 Å². The van der Waals surface area contributed by atoms with E-state index in [0.29, 0.717) is 25.3 Å². The maximum Gasteiger partial charge on any atom is 0.407 e. The van der Waals surface area contributed by atoms with Crippen LogP contribution in [0.3, 0.4) is 0 Å². The number of anilines is 1. The van der Waals surface area contributed by atoms with E-state index in [-0.39, 0.29) is 17.8 Å². The zero-order valence-electron chi connectivity index (χ0n) is 11.1. The molecule has 2 aliphatic rings. The van der Waals surface area contributed by atoms with Crippen LogP contribution in [0.1, 0.15) is 18.2 Å². The Morgan fingerprint density at radius 2 is 2.30 bits per heavy atom. The van der Waals surface area contributed by atoms with Gasteiger partial charge < -0.3 is 20.0 Å². The summed E-state index contributed by atoms with van der Waals surface area (Å²) in [5.74, 6) is 0.173. The first-order valence-corrected chi connectivity index (χ1v) is 6.56. The molecule has 2 atom stereocenters. The Balaban J connectivity index is 1.96. The predicted octanol–water partition coefficient (Wildman–Crippen LogP) is 0.826. The average Bonchev–Trinajstić information content (AvgIpc) is 2.74. The summed E-state index contributed by atoms with van der Waals surface area (Å²) in [4.78, 5) is 18.8. The first-order chi connectivity index (χ1) is 9.51. The molecule has 1 amide bonds. The zero-order valence-corrected chi connectivity index (χ0v) is 11.1. The SMILES string of the molecule is C[C@@H]1CN(C(=O)O)C[C@H]2Cc3cc(F)c(CO)nc3N21. The molecule has 0 bridgehead atoms. The smallest absolute Gasteiger partial charge is 0.407 e. The van der Waals surface area contributed by atoms with Crippen LogP contribution in [0.2, 0.25) is 0 Å². The van der Waals surface area contributed by atoms with E-state index in [2.05, 4.69) is 4.98 Å². The Labute approximate surface area is 115 Å². The standard InChI is InChI=1S/C13H16FN3O3/c1-7-4-16(13(19)20)5-9-2-8-3-10(14)11(6-18)15-12(8)17(7)9/h3,7,9,18H,2,4-6H2,1H3,(H,19,20)/t7-,9-/m1/s1. The van der Waals surface area contributed by atoms with E-state index >= 15 is 0 Å². The number of carboxylic acid groups (broad SMARTS) is 1. The molecule has 0 saturated carbocycles. The lowest BCUT2D eigenvalue weighted by atomic mass is 10.1.